The van der Waals surface area contributed by atoms with E-state index in [0.717, 1.165) is 23.6 Å². The SMILES string of the molecule is CC(Cc1ccc(C2CCC(F)(F)CC2)c(Cl)c1)CN1CCC2(CSC2)C1. The summed E-state index contributed by atoms with van der Waals surface area (Å²) in [5.41, 5.74) is 2.96. The Bertz CT molecular complexity index is 666. The Morgan fingerprint density at radius 2 is 1.96 bits per heavy atom. The first-order chi connectivity index (χ1) is 12.8. The van der Waals surface area contributed by atoms with Crippen LogP contribution in [0.2, 0.25) is 5.02 Å². The quantitative estimate of drug-likeness (QED) is 0.561. The molecule has 1 saturated carbocycles. The highest BCUT2D eigenvalue weighted by molar-refractivity contribution is 8.00. The number of hydrogen-bond donors (Lipinski definition) is 0. The second-order valence-corrected chi connectivity index (χ2v) is 10.7. The molecule has 5 heteroatoms. The van der Waals surface area contributed by atoms with Crippen LogP contribution in [0.5, 0.6) is 0 Å². The van der Waals surface area contributed by atoms with E-state index < -0.39 is 5.92 Å². The van der Waals surface area contributed by atoms with Crippen LogP contribution in [0.3, 0.4) is 0 Å². The summed E-state index contributed by atoms with van der Waals surface area (Å²) in [4.78, 5) is 2.64. The van der Waals surface area contributed by atoms with Gasteiger partial charge >= 0.3 is 0 Å². The Morgan fingerprint density at radius 1 is 1.22 bits per heavy atom. The summed E-state index contributed by atoms with van der Waals surface area (Å²) in [6, 6.07) is 6.33. The Kier molecular flexibility index (Phi) is 5.80. The lowest BCUT2D eigenvalue weighted by molar-refractivity contribution is -0.0382. The highest BCUT2D eigenvalue weighted by Crippen LogP contribution is 2.45. The fourth-order valence-electron chi connectivity index (χ4n) is 5.10. The Hall–Kier alpha value is -0.320. The van der Waals surface area contributed by atoms with E-state index in [-0.39, 0.29) is 18.8 Å². The van der Waals surface area contributed by atoms with Crippen LogP contribution in [0.1, 0.15) is 56.1 Å². The standard InChI is InChI=1S/C22H30ClF2NS/c1-16(12-26-9-8-21(13-26)14-27-15-21)10-17-2-3-19(20(23)11-17)18-4-6-22(24,25)7-5-18/h2-3,11,16,18H,4-10,12-15H2,1H3. The molecule has 1 aliphatic carbocycles. The first-order valence-electron chi connectivity index (χ1n) is 10.3. The van der Waals surface area contributed by atoms with E-state index in [1.165, 1.54) is 36.6 Å². The van der Waals surface area contributed by atoms with Crippen LogP contribution < -0.4 is 0 Å². The molecule has 3 aliphatic rings. The van der Waals surface area contributed by atoms with E-state index >= 15 is 0 Å². The van der Waals surface area contributed by atoms with Crippen LogP contribution in [0.25, 0.3) is 0 Å². The van der Waals surface area contributed by atoms with Crippen molar-refractivity contribution in [1.29, 1.82) is 0 Å². The third-order valence-corrected chi connectivity index (χ3v) is 8.67. The molecule has 2 aliphatic heterocycles. The molecular weight excluding hydrogens is 384 g/mol. The highest BCUT2D eigenvalue weighted by Gasteiger charge is 2.43. The molecule has 4 rings (SSSR count). The molecule has 1 aromatic rings. The average molecular weight is 414 g/mol. The lowest BCUT2D eigenvalue weighted by atomic mass is 9.82. The number of hydrogen-bond acceptors (Lipinski definition) is 2. The second-order valence-electron chi connectivity index (χ2n) is 9.27. The fraction of sp³-hybridized carbons (Fsp3) is 0.727. The van der Waals surface area contributed by atoms with E-state index in [4.69, 9.17) is 11.6 Å². The van der Waals surface area contributed by atoms with E-state index in [9.17, 15) is 8.78 Å². The van der Waals surface area contributed by atoms with E-state index in [0.29, 0.717) is 24.2 Å². The highest BCUT2D eigenvalue weighted by atomic mass is 35.5. The fourth-order valence-corrected chi connectivity index (χ4v) is 6.71. The maximum Gasteiger partial charge on any atom is 0.248 e. The van der Waals surface area contributed by atoms with E-state index in [1.54, 1.807) is 0 Å². The first-order valence-corrected chi connectivity index (χ1v) is 11.8. The number of benzene rings is 1. The average Bonchev–Trinajstić information content (AvgIpc) is 3.00. The van der Waals surface area contributed by atoms with Gasteiger partial charge in [0.05, 0.1) is 0 Å². The smallest absolute Gasteiger partial charge is 0.248 e. The van der Waals surface area contributed by atoms with Gasteiger partial charge in [-0.1, -0.05) is 30.7 Å². The van der Waals surface area contributed by atoms with Gasteiger partial charge in [0.25, 0.3) is 0 Å². The summed E-state index contributed by atoms with van der Waals surface area (Å²) < 4.78 is 26.8. The molecule has 0 bridgehead atoms. The summed E-state index contributed by atoms with van der Waals surface area (Å²) in [6.07, 6.45) is 3.45. The first kappa shape index (κ1) is 20.0. The molecule has 27 heavy (non-hydrogen) atoms. The predicted octanol–water partition coefficient (Wildman–Crippen LogP) is 6.25. The monoisotopic (exact) mass is 413 g/mol. The van der Waals surface area contributed by atoms with Gasteiger partial charge in [-0.2, -0.15) is 11.8 Å². The zero-order chi connectivity index (χ0) is 19.1. The third kappa shape index (κ3) is 4.64. The maximum atomic E-state index is 13.4. The van der Waals surface area contributed by atoms with Crippen LogP contribution in [-0.4, -0.2) is 42.0 Å². The molecular formula is C22H30ClF2NS. The molecule has 1 spiro atoms. The van der Waals surface area contributed by atoms with Crippen LogP contribution >= 0.6 is 23.4 Å². The molecule has 2 saturated heterocycles. The summed E-state index contributed by atoms with van der Waals surface area (Å²) in [5, 5.41) is 0.765. The van der Waals surface area contributed by atoms with Crippen molar-refractivity contribution in [3.8, 4) is 0 Å². The number of alkyl halides is 2. The topological polar surface area (TPSA) is 3.24 Å². The Labute approximate surface area is 171 Å². The zero-order valence-corrected chi connectivity index (χ0v) is 17.7. The third-order valence-electron chi connectivity index (χ3n) is 6.71. The van der Waals surface area contributed by atoms with Crippen molar-refractivity contribution < 1.29 is 8.78 Å². The second kappa shape index (κ2) is 7.84. The molecule has 1 atom stereocenters. The molecule has 0 N–H and O–H groups in total. The van der Waals surface area contributed by atoms with Crippen molar-refractivity contribution in [2.45, 2.75) is 57.3 Å². The van der Waals surface area contributed by atoms with Gasteiger partial charge in [-0.3, -0.25) is 0 Å². The minimum atomic E-state index is -2.48. The minimum absolute atomic E-state index is 0.0113. The van der Waals surface area contributed by atoms with Gasteiger partial charge in [-0.15, -0.1) is 0 Å². The molecule has 1 aromatic carbocycles. The molecule has 0 aromatic heterocycles. The summed E-state index contributed by atoms with van der Waals surface area (Å²) in [6.45, 7) is 6.00. The van der Waals surface area contributed by atoms with Crippen LogP contribution in [-0.2, 0) is 6.42 Å². The number of likely N-dealkylation sites (tertiary alicyclic amines) is 1. The minimum Gasteiger partial charge on any atom is -0.302 e. The summed E-state index contributed by atoms with van der Waals surface area (Å²) in [5.74, 6) is 1.00. The van der Waals surface area contributed by atoms with Gasteiger partial charge < -0.3 is 4.90 Å². The van der Waals surface area contributed by atoms with E-state index in [2.05, 4.69) is 41.8 Å². The van der Waals surface area contributed by atoms with Crippen molar-refractivity contribution in [2.24, 2.45) is 11.3 Å². The van der Waals surface area contributed by atoms with Crippen molar-refractivity contribution >= 4 is 23.4 Å². The lowest BCUT2D eigenvalue weighted by Gasteiger charge is -2.37. The predicted molar refractivity (Wildman–Crippen MR) is 111 cm³/mol. The molecule has 0 radical (unpaired) electrons. The Morgan fingerprint density at radius 3 is 2.56 bits per heavy atom. The lowest BCUT2D eigenvalue weighted by Crippen LogP contribution is -2.39. The summed E-state index contributed by atoms with van der Waals surface area (Å²) in [7, 11) is 0. The van der Waals surface area contributed by atoms with Crippen molar-refractivity contribution in [1.82, 2.24) is 4.90 Å². The zero-order valence-electron chi connectivity index (χ0n) is 16.2. The number of thioether (sulfide) groups is 1. The van der Waals surface area contributed by atoms with Crippen LogP contribution in [0, 0.1) is 11.3 Å². The molecule has 150 valence electrons. The van der Waals surface area contributed by atoms with Gasteiger partial charge in [0.2, 0.25) is 5.92 Å². The number of halogens is 3. The van der Waals surface area contributed by atoms with Crippen molar-refractivity contribution in [3.05, 3.63) is 34.3 Å². The molecule has 2 heterocycles. The Balaban J connectivity index is 1.31. The number of rotatable bonds is 5. The normalized spacial score (nSPS) is 26.2. The van der Waals surface area contributed by atoms with Gasteiger partial charge in [0, 0.05) is 47.9 Å². The molecule has 0 amide bonds. The molecule has 1 unspecified atom stereocenters. The molecule has 3 fully saturated rings. The molecule has 1 nitrogen and oxygen atoms in total. The maximum absolute atomic E-state index is 13.4. The largest absolute Gasteiger partial charge is 0.302 e. The summed E-state index contributed by atoms with van der Waals surface area (Å²) >= 11 is 8.64. The van der Waals surface area contributed by atoms with Crippen molar-refractivity contribution in [2.75, 3.05) is 31.1 Å². The van der Waals surface area contributed by atoms with Gasteiger partial charge in [0.1, 0.15) is 0 Å². The van der Waals surface area contributed by atoms with Crippen molar-refractivity contribution in [3.63, 3.8) is 0 Å². The van der Waals surface area contributed by atoms with Gasteiger partial charge in [-0.05, 0) is 61.3 Å². The van der Waals surface area contributed by atoms with Crippen LogP contribution in [0.4, 0.5) is 8.78 Å². The van der Waals surface area contributed by atoms with Crippen LogP contribution in [0.15, 0.2) is 18.2 Å². The van der Waals surface area contributed by atoms with Gasteiger partial charge in [0.15, 0.2) is 0 Å². The van der Waals surface area contributed by atoms with E-state index in [1.807, 2.05) is 0 Å². The number of nitrogens with zero attached hydrogens (tertiary/aromatic N) is 1. The van der Waals surface area contributed by atoms with Gasteiger partial charge in [-0.25, -0.2) is 8.78 Å².